The van der Waals surface area contributed by atoms with E-state index < -0.39 is 0 Å². The van der Waals surface area contributed by atoms with Crippen LogP contribution in [-0.2, 0) is 11.2 Å². The van der Waals surface area contributed by atoms with Gasteiger partial charge in [-0.05, 0) is 36.1 Å². The van der Waals surface area contributed by atoms with Crippen LogP contribution in [0, 0.1) is 0 Å². The second-order valence-corrected chi connectivity index (χ2v) is 6.93. The first-order chi connectivity index (χ1) is 13.3. The van der Waals surface area contributed by atoms with E-state index in [9.17, 15) is 4.79 Å². The Hall–Kier alpha value is -3.07. The van der Waals surface area contributed by atoms with Gasteiger partial charge in [0.1, 0.15) is 0 Å². The fraction of sp³-hybridized carbons (Fsp3) is 0.208. The van der Waals surface area contributed by atoms with Crippen LogP contribution in [0.5, 0.6) is 0 Å². The van der Waals surface area contributed by atoms with E-state index in [4.69, 9.17) is 0 Å². The van der Waals surface area contributed by atoms with Crippen molar-refractivity contribution in [1.82, 2.24) is 0 Å². The number of anilines is 2. The van der Waals surface area contributed by atoms with Crippen LogP contribution in [0.3, 0.4) is 0 Å². The zero-order valence-corrected chi connectivity index (χ0v) is 15.4. The highest BCUT2D eigenvalue weighted by Crippen LogP contribution is 2.28. The van der Waals surface area contributed by atoms with E-state index in [1.165, 1.54) is 11.3 Å². The van der Waals surface area contributed by atoms with E-state index in [1.54, 1.807) is 0 Å². The van der Waals surface area contributed by atoms with E-state index in [1.807, 2.05) is 42.5 Å². The first kappa shape index (κ1) is 17.3. The SMILES string of the molecule is O=C(CCN1CCCc2ccccc21)Nc1ccccc1-c1ccccc1. The van der Waals surface area contributed by atoms with Crippen molar-refractivity contribution < 1.29 is 4.79 Å². The van der Waals surface area contributed by atoms with Crippen molar-refractivity contribution in [1.29, 1.82) is 0 Å². The summed E-state index contributed by atoms with van der Waals surface area (Å²) in [5, 5.41) is 3.11. The zero-order chi connectivity index (χ0) is 18.5. The van der Waals surface area contributed by atoms with Gasteiger partial charge in [0.25, 0.3) is 0 Å². The van der Waals surface area contributed by atoms with Gasteiger partial charge in [-0.1, -0.05) is 66.7 Å². The molecular weight excluding hydrogens is 332 g/mol. The van der Waals surface area contributed by atoms with Gasteiger partial charge in [-0.3, -0.25) is 4.79 Å². The smallest absolute Gasteiger partial charge is 0.226 e. The maximum absolute atomic E-state index is 12.6. The molecule has 0 fully saturated rings. The van der Waals surface area contributed by atoms with E-state index in [2.05, 4.69) is 46.6 Å². The Morgan fingerprint density at radius 2 is 1.63 bits per heavy atom. The van der Waals surface area contributed by atoms with Gasteiger partial charge in [-0.2, -0.15) is 0 Å². The number of hydrogen-bond donors (Lipinski definition) is 1. The number of fused-ring (bicyclic) bond motifs is 1. The number of carbonyl (C=O) groups is 1. The van der Waals surface area contributed by atoms with Gasteiger partial charge in [0.15, 0.2) is 0 Å². The highest BCUT2D eigenvalue weighted by Gasteiger charge is 2.17. The third-order valence-electron chi connectivity index (χ3n) is 5.10. The molecule has 0 spiro atoms. The van der Waals surface area contributed by atoms with Crippen molar-refractivity contribution in [2.24, 2.45) is 0 Å². The molecule has 0 saturated heterocycles. The van der Waals surface area contributed by atoms with Gasteiger partial charge < -0.3 is 10.2 Å². The van der Waals surface area contributed by atoms with Crippen LogP contribution in [-0.4, -0.2) is 19.0 Å². The molecule has 136 valence electrons. The van der Waals surface area contributed by atoms with Crippen molar-refractivity contribution in [3.63, 3.8) is 0 Å². The highest BCUT2D eigenvalue weighted by molar-refractivity contribution is 5.95. The minimum atomic E-state index is 0.0569. The van der Waals surface area contributed by atoms with Crippen molar-refractivity contribution in [3.05, 3.63) is 84.4 Å². The average Bonchev–Trinajstić information content (AvgIpc) is 2.73. The number of rotatable bonds is 5. The van der Waals surface area contributed by atoms with Crippen LogP contribution in [0.1, 0.15) is 18.4 Å². The predicted molar refractivity (Wildman–Crippen MR) is 112 cm³/mol. The van der Waals surface area contributed by atoms with Gasteiger partial charge in [0.2, 0.25) is 5.91 Å². The highest BCUT2D eigenvalue weighted by atomic mass is 16.1. The van der Waals surface area contributed by atoms with Crippen LogP contribution in [0.15, 0.2) is 78.9 Å². The topological polar surface area (TPSA) is 32.3 Å². The summed E-state index contributed by atoms with van der Waals surface area (Å²) in [5.41, 5.74) is 5.70. The first-order valence-electron chi connectivity index (χ1n) is 9.58. The summed E-state index contributed by atoms with van der Waals surface area (Å²) >= 11 is 0. The summed E-state index contributed by atoms with van der Waals surface area (Å²) in [6.07, 6.45) is 2.76. The monoisotopic (exact) mass is 356 g/mol. The molecule has 1 amide bonds. The largest absolute Gasteiger partial charge is 0.371 e. The number of para-hydroxylation sites is 2. The van der Waals surface area contributed by atoms with Gasteiger partial charge >= 0.3 is 0 Å². The summed E-state index contributed by atoms with van der Waals surface area (Å²) in [7, 11) is 0. The fourth-order valence-corrected chi connectivity index (χ4v) is 3.75. The van der Waals surface area contributed by atoms with Crippen LogP contribution in [0.4, 0.5) is 11.4 Å². The molecule has 3 nitrogen and oxygen atoms in total. The molecule has 0 atom stereocenters. The fourth-order valence-electron chi connectivity index (χ4n) is 3.75. The van der Waals surface area contributed by atoms with E-state index in [0.717, 1.165) is 42.7 Å². The maximum atomic E-state index is 12.6. The minimum absolute atomic E-state index is 0.0569. The zero-order valence-electron chi connectivity index (χ0n) is 15.4. The number of nitrogens with one attached hydrogen (secondary N) is 1. The molecule has 1 aliphatic rings. The number of hydrogen-bond acceptors (Lipinski definition) is 2. The Bertz CT molecular complexity index is 920. The lowest BCUT2D eigenvalue weighted by Gasteiger charge is -2.31. The van der Waals surface area contributed by atoms with Crippen molar-refractivity contribution in [3.8, 4) is 11.1 Å². The molecule has 27 heavy (non-hydrogen) atoms. The quantitative estimate of drug-likeness (QED) is 0.687. The summed E-state index contributed by atoms with van der Waals surface area (Å²) in [6, 6.07) is 26.7. The second kappa shape index (κ2) is 8.09. The van der Waals surface area contributed by atoms with Crippen molar-refractivity contribution in [2.75, 3.05) is 23.3 Å². The third-order valence-corrected chi connectivity index (χ3v) is 5.10. The molecule has 0 unspecified atom stereocenters. The summed E-state index contributed by atoms with van der Waals surface area (Å²) < 4.78 is 0. The Labute approximate surface area is 160 Å². The van der Waals surface area contributed by atoms with Gasteiger partial charge in [-0.15, -0.1) is 0 Å². The molecule has 0 aromatic heterocycles. The molecule has 0 radical (unpaired) electrons. The van der Waals surface area contributed by atoms with E-state index in [0.29, 0.717) is 6.42 Å². The van der Waals surface area contributed by atoms with Crippen LogP contribution >= 0.6 is 0 Å². The van der Waals surface area contributed by atoms with Gasteiger partial charge in [0, 0.05) is 36.4 Å². The normalized spacial score (nSPS) is 13.1. The standard InChI is InChI=1S/C24H24N2O/c27-24(16-18-26-17-8-12-20-11-4-7-15-23(20)26)25-22-14-6-5-13-21(22)19-9-2-1-3-10-19/h1-7,9-11,13-15H,8,12,16-18H2,(H,25,27). The van der Waals surface area contributed by atoms with Gasteiger partial charge in [-0.25, -0.2) is 0 Å². The number of carbonyl (C=O) groups excluding carboxylic acids is 1. The molecule has 1 N–H and O–H groups in total. The Morgan fingerprint density at radius 1 is 0.889 bits per heavy atom. The number of nitrogens with zero attached hydrogens (tertiary/aromatic N) is 1. The Kier molecular flexibility index (Phi) is 5.20. The Balaban J connectivity index is 1.43. The lowest BCUT2D eigenvalue weighted by molar-refractivity contribution is -0.116. The van der Waals surface area contributed by atoms with Crippen molar-refractivity contribution >= 4 is 17.3 Å². The molecule has 1 aliphatic heterocycles. The molecule has 1 heterocycles. The molecule has 0 aliphatic carbocycles. The lowest BCUT2D eigenvalue weighted by Crippen LogP contribution is -2.32. The number of benzene rings is 3. The summed E-state index contributed by atoms with van der Waals surface area (Å²) in [5.74, 6) is 0.0569. The predicted octanol–water partition coefficient (Wildman–Crippen LogP) is 5.14. The van der Waals surface area contributed by atoms with Gasteiger partial charge in [0.05, 0.1) is 0 Å². The summed E-state index contributed by atoms with van der Waals surface area (Å²) in [4.78, 5) is 14.9. The minimum Gasteiger partial charge on any atom is -0.371 e. The average molecular weight is 356 g/mol. The van der Waals surface area contributed by atoms with E-state index in [-0.39, 0.29) is 5.91 Å². The van der Waals surface area contributed by atoms with E-state index >= 15 is 0 Å². The molecule has 0 bridgehead atoms. The van der Waals surface area contributed by atoms with Crippen LogP contribution in [0.2, 0.25) is 0 Å². The summed E-state index contributed by atoms with van der Waals surface area (Å²) in [6.45, 7) is 1.77. The first-order valence-corrected chi connectivity index (χ1v) is 9.58. The molecular formula is C24H24N2O. The Morgan fingerprint density at radius 3 is 2.52 bits per heavy atom. The van der Waals surface area contributed by atoms with Crippen LogP contribution < -0.4 is 10.2 Å². The van der Waals surface area contributed by atoms with Crippen molar-refractivity contribution in [2.45, 2.75) is 19.3 Å². The number of aryl methyl sites for hydroxylation is 1. The molecule has 3 heteroatoms. The second-order valence-electron chi connectivity index (χ2n) is 6.93. The molecule has 0 saturated carbocycles. The molecule has 4 rings (SSSR count). The maximum Gasteiger partial charge on any atom is 0.226 e. The van der Waals surface area contributed by atoms with Crippen LogP contribution in [0.25, 0.3) is 11.1 Å². The third kappa shape index (κ3) is 4.03. The molecule has 3 aromatic carbocycles. The molecule has 3 aromatic rings. The lowest BCUT2D eigenvalue weighted by atomic mass is 10.0. The number of amides is 1.